The van der Waals surface area contributed by atoms with Crippen LogP contribution in [0.3, 0.4) is 0 Å². The maximum atomic E-state index is 12.7. The highest BCUT2D eigenvalue weighted by Gasteiger charge is 2.29. The Morgan fingerprint density at radius 3 is 2.57 bits per heavy atom. The van der Waals surface area contributed by atoms with Crippen LogP contribution in [0, 0.1) is 5.82 Å². The van der Waals surface area contributed by atoms with E-state index in [1.54, 1.807) is 0 Å². The van der Waals surface area contributed by atoms with Crippen molar-refractivity contribution in [3.8, 4) is 5.75 Å². The minimum atomic E-state index is -3.31. The van der Waals surface area contributed by atoms with Gasteiger partial charge in [0.15, 0.2) is 0 Å². The Morgan fingerprint density at radius 2 is 1.95 bits per heavy atom. The van der Waals surface area contributed by atoms with Gasteiger partial charge in [0.1, 0.15) is 18.2 Å². The van der Waals surface area contributed by atoms with Crippen molar-refractivity contribution in [2.24, 2.45) is 0 Å². The van der Waals surface area contributed by atoms with Gasteiger partial charge in [0.2, 0.25) is 10.0 Å². The number of benzene rings is 1. The van der Waals surface area contributed by atoms with E-state index in [9.17, 15) is 12.8 Å². The molecule has 0 saturated carbocycles. The molecule has 1 fully saturated rings. The molecule has 1 saturated heterocycles. The fourth-order valence-electron chi connectivity index (χ4n) is 2.19. The quantitative estimate of drug-likeness (QED) is 0.818. The molecule has 0 amide bonds. The first kappa shape index (κ1) is 16.2. The van der Waals surface area contributed by atoms with Crippen molar-refractivity contribution in [3.05, 3.63) is 30.1 Å². The number of hydrogen-bond donors (Lipinski definition) is 0. The lowest BCUT2D eigenvalue weighted by atomic mass is 10.2. The third-order valence-electron chi connectivity index (χ3n) is 3.74. The van der Waals surface area contributed by atoms with Gasteiger partial charge in [-0.05, 0) is 38.2 Å². The Bertz CT molecular complexity index is 562. The SMILES string of the molecule is C[C@H]1CN(S(=O)(=O)CCOc2ccc(F)cc2)CCN1C. The van der Waals surface area contributed by atoms with Gasteiger partial charge in [0.25, 0.3) is 0 Å². The smallest absolute Gasteiger partial charge is 0.217 e. The van der Waals surface area contributed by atoms with Crippen molar-refractivity contribution < 1.29 is 17.5 Å². The summed E-state index contributed by atoms with van der Waals surface area (Å²) in [6, 6.07) is 5.75. The lowest BCUT2D eigenvalue weighted by Gasteiger charge is -2.36. The first-order chi connectivity index (χ1) is 9.88. The van der Waals surface area contributed by atoms with E-state index in [1.165, 1.54) is 28.6 Å². The number of halogens is 1. The summed E-state index contributed by atoms with van der Waals surface area (Å²) in [5.74, 6) is 0.0561. The molecule has 1 aliphatic heterocycles. The van der Waals surface area contributed by atoms with Crippen LogP contribution in [0.2, 0.25) is 0 Å². The van der Waals surface area contributed by atoms with E-state index in [0.29, 0.717) is 18.8 Å². The summed E-state index contributed by atoms with van der Waals surface area (Å²) in [6.07, 6.45) is 0. The number of likely N-dealkylation sites (N-methyl/N-ethyl adjacent to an activating group) is 1. The van der Waals surface area contributed by atoms with Gasteiger partial charge in [-0.1, -0.05) is 0 Å². The predicted octanol–water partition coefficient (Wildman–Crippen LogP) is 1.17. The van der Waals surface area contributed by atoms with Crippen LogP contribution in [-0.4, -0.2) is 62.7 Å². The van der Waals surface area contributed by atoms with Crippen LogP contribution in [0.5, 0.6) is 5.75 Å². The van der Waals surface area contributed by atoms with Crippen LogP contribution in [0.4, 0.5) is 4.39 Å². The average Bonchev–Trinajstić information content (AvgIpc) is 2.44. The van der Waals surface area contributed by atoms with Gasteiger partial charge in [-0.2, -0.15) is 4.31 Å². The molecule has 7 heteroatoms. The maximum Gasteiger partial charge on any atom is 0.217 e. The summed E-state index contributed by atoms with van der Waals surface area (Å²) < 4.78 is 44.1. The Labute approximate surface area is 125 Å². The number of nitrogens with zero attached hydrogens (tertiary/aromatic N) is 2. The maximum absolute atomic E-state index is 12.7. The molecule has 118 valence electrons. The molecule has 1 aromatic rings. The molecule has 21 heavy (non-hydrogen) atoms. The number of ether oxygens (including phenoxy) is 1. The van der Waals surface area contributed by atoms with E-state index in [2.05, 4.69) is 4.90 Å². The minimum absolute atomic E-state index is 0.0642. The molecule has 1 heterocycles. The number of hydrogen-bond acceptors (Lipinski definition) is 4. The summed E-state index contributed by atoms with van der Waals surface area (Å²) in [5.41, 5.74) is 0. The monoisotopic (exact) mass is 316 g/mol. The molecule has 1 aliphatic rings. The number of sulfonamides is 1. The molecule has 0 N–H and O–H groups in total. The van der Waals surface area contributed by atoms with Crippen molar-refractivity contribution in [1.29, 1.82) is 0 Å². The van der Waals surface area contributed by atoms with Crippen LogP contribution in [0.1, 0.15) is 6.92 Å². The van der Waals surface area contributed by atoms with Crippen LogP contribution in [0.15, 0.2) is 24.3 Å². The van der Waals surface area contributed by atoms with E-state index < -0.39 is 10.0 Å². The van der Waals surface area contributed by atoms with Gasteiger partial charge < -0.3 is 9.64 Å². The van der Waals surface area contributed by atoms with E-state index in [0.717, 1.165) is 6.54 Å². The average molecular weight is 316 g/mol. The van der Waals surface area contributed by atoms with Crippen molar-refractivity contribution in [1.82, 2.24) is 9.21 Å². The summed E-state index contributed by atoms with van der Waals surface area (Å²) in [6.45, 7) is 3.83. The van der Waals surface area contributed by atoms with Crippen molar-refractivity contribution in [2.75, 3.05) is 39.0 Å². The topological polar surface area (TPSA) is 49.9 Å². The zero-order chi connectivity index (χ0) is 15.5. The molecular weight excluding hydrogens is 295 g/mol. The lowest BCUT2D eigenvalue weighted by molar-refractivity contribution is 0.159. The minimum Gasteiger partial charge on any atom is -0.492 e. The molecule has 0 spiro atoms. The van der Waals surface area contributed by atoms with Crippen LogP contribution in [0.25, 0.3) is 0 Å². The Morgan fingerprint density at radius 1 is 1.29 bits per heavy atom. The van der Waals surface area contributed by atoms with Gasteiger partial charge in [0, 0.05) is 25.7 Å². The Balaban J connectivity index is 1.85. The van der Waals surface area contributed by atoms with Gasteiger partial charge in [-0.3, -0.25) is 0 Å². The molecule has 2 rings (SSSR count). The summed E-state index contributed by atoms with van der Waals surface area (Å²) in [5, 5.41) is 0. The molecule has 1 atom stereocenters. The number of rotatable bonds is 5. The Hall–Kier alpha value is -1.18. The normalized spacial score (nSPS) is 21.4. The predicted molar refractivity (Wildman–Crippen MR) is 79.3 cm³/mol. The van der Waals surface area contributed by atoms with Crippen LogP contribution < -0.4 is 4.74 Å². The highest BCUT2D eigenvalue weighted by atomic mass is 32.2. The first-order valence-corrected chi connectivity index (χ1v) is 8.56. The van der Waals surface area contributed by atoms with Gasteiger partial charge in [-0.25, -0.2) is 12.8 Å². The van der Waals surface area contributed by atoms with Gasteiger partial charge in [-0.15, -0.1) is 0 Å². The lowest BCUT2D eigenvalue weighted by Crippen LogP contribution is -2.52. The van der Waals surface area contributed by atoms with E-state index >= 15 is 0 Å². The van der Waals surface area contributed by atoms with Gasteiger partial charge >= 0.3 is 0 Å². The zero-order valence-electron chi connectivity index (χ0n) is 12.3. The molecule has 1 aromatic carbocycles. The molecule has 0 unspecified atom stereocenters. The third-order valence-corrected chi connectivity index (χ3v) is 5.54. The van der Waals surface area contributed by atoms with Crippen LogP contribution >= 0.6 is 0 Å². The summed E-state index contributed by atoms with van der Waals surface area (Å²) in [7, 11) is -1.32. The third kappa shape index (κ3) is 4.39. The standard InChI is InChI=1S/C14H21FN2O3S/c1-12-11-17(8-7-16(12)2)21(18,19)10-9-20-14-5-3-13(15)4-6-14/h3-6,12H,7-11H2,1-2H3/t12-/m0/s1. The summed E-state index contributed by atoms with van der Waals surface area (Å²) >= 11 is 0. The zero-order valence-corrected chi connectivity index (χ0v) is 13.1. The molecule has 0 aliphatic carbocycles. The second kappa shape index (κ2) is 6.72. The first-order valence-electron chi connectivity index (χ1n) is 6.95. The second-order valence-corrected chi connectivity index (χ2v) is 7.39. The molecular formula is C14H21FN2O3S. The second-order valence-electron chi connectivity index (χ2n) is 5.31. The highest BCUT2D eigenvalue weighted by Crippen LogP contribution is 2.14. The molecule has 0 bridgehead atoms. The van der Waals surface area contributed by atoms with Gasteiger partial charge in [0.05, 0.1) is 5.75 Å². The molecule has 5 nitrogen and oxygen atoms in total. The van der Waals surface area contributed by atoms with Crippen LogP contribution in [-0.2, 0) is 10.0 Å². The van der Waals surface area contributed by atoms with E-state index in [-0.39, 0.29) is 24.2 Å². The largest absolute Gasteiger partial charge is 0.492 e. The highest BCUT2D eigenvalue weighted by molar-refractivity contribution is 7.89. The van der Waals surface area contributed by atoms with E-state index in [4.69, 9.17) is 4.74 Å². The molecule has 0 radical (unpaired) electrons. The van der Waals surface area contributed by atoms with Crippen molar-refractivity contribution >= 4 is 10.0 Å². The van der Waals surface area contributed by atoms with E-state index in [1.807, 2.05) is 14.0 Å². The van der Waals surface area contributed by atoms with Crippen molar-refractivity contribution in [2.45, 2.75) is 13.0 Å². The summed E-state index contributed by atoms with van der Waals surface area (Å²) in [4.78, 5) is 2.14. The fraction of sp³-hybridized carbons (Fsp3) is 0.571. The molecule has 0 aromatic heterocycles. The number of piperazine rings is 1. The fourth-order valence-corrected chi connectivity index (χ4v) is 3.55. The van der Waals surface area contributed by atoms with Crippen molar-refractivity contribution in [3.63, 3.8) is 0 Å². The Kier molecular flexibility index (Phi) is 5.18.